The van der Waals surface area contributed by atoms with Crippen molar-refractivity contribution in [2.45, 2.75) is 42.2 Å². The van der Waals surface area contributed by atoms with Crippen LogP contribution in [0.1, 0.15) is 30.0 Å². The first-order valence-electron chi connectivity index (χ1n) is 8.79. The Morgan fingerprint density at radius 3 is 2.65 bits per heavy atom. The van der Waals surface area contributed by atoms with Gasteiger partial charge in [0.15, 0.2) is 5.96 Å². The molecule has 1 fully saturated rings. The van der Waals surface area contributed by atoms with E-state index in [2.05, 4.69) is 56.3 Å². The van der Waals surface area contributed by atoms with E-state index in [0.29, 0.717) is 4.75 Å². The molecule has 1 saturated carbocycles. The monoisotopic (exact) mass is 502 g/mol. The molecule has 1 aliphatic rings. The van der Waals surface area contributed by atoms with Gasteiger partial charge in [-0.15, -0.1) is 47.1 Å². The van der Waals surface area contributed by atoms with Gasteiger partial charge in [-0.05, 0) is 38.3 Å². The number of halogens is 1. The summed E-state index contributed by atoms with van der Waals surface area (Å²) in [5.74, 6) is 0.898. The van der Waals surface area contributed by atoms with Gasteiger partial charge in [-0.1, -0.05) is 18.2 Å². The van der Waals surface area contributed by atoms with Gasteiger partial charge >= 0.3 is 0 Å². The van der Waals surface area contributed by atoms with E-state index in [-0.39, 0.29) is 24.0 Å². The average molecular weight is 502 g/mol. The Hall–Kier alpha value is -0.800. The fourth-order valence-electron chi connectivity index (χ4n) is 2.62. The molecule has 0 atom stereocenters. The lowest BCUT2D eigenvalue weighted by Crippen LogP contribution is -2.41. The van der Waals surface area contributed by atoms with Gasteiger partial charge in [-0.25, -0.2) is 4.98 Å². The molecule has 2 N–H and O–H groups in total. The topological polar surface area (TPSA) is 49.3 Å². The summed E-state index contributed by atoms with van der Waals surface area (Å²) in [7, 11) is 1.84. The summed E-state index contributed by atoms with van der Waals surface area (Å²) in [4.78, 5) is 10.2. The van der Waals surface area contributed by atoms with E-state index < -0.39 is 0 Å². The summed E-state index contributed by atoms with van der Waals surface area (Å²) in [6, 6.07) is 10.7. The molecule has 0 aliphatic heterocycles. The molecule has 1 aromatic carbocycles. The second kappa shape index (κ2) is 10.5. The van der Waals surface area contributed by atoms with Gasteiger partial charge < -0.3 is 10.6 Å². The number of rotatable bonds is 8. The second-order valence-electron chi connectivity index (χ2n) is 6.44. The number of hydrogen-bond donors (Lipinski definition) is 2. The molecule has 0 bridgehead atoms. The van der Waals surface area contributed by atoms with Crippen LogP contribution in [0.5, 0.6) is 0 Å². The van der Waals surface area contributed by atoms with Crippen molar-refractivity contribution in [1.29, 1.82) is 0 Å². The molecule has 0 spiro atoms. The first-order chi connectivity index (χ1) is 12.2. The summed E-state index contributed by atoms with van der Waals surface area (Å²) in [6.07, 6.45) is 4.62. The lowest BCUT2D eigenvalue weighted by molar-refractivity contribution is 0.726. The molecule has 1 aromatic heterocycles. The predicted octanol–water partition coefficient (Wildman–Crippen LogP) is 4.49. The number of aliphatic imine (C=N–C) groups is 1. The fraction of sp³-hybridized carbons (Fsp3) is 0.474. The van der Waals surface area contributed by atoms with Crippen molar-refractivity contribution in [1.82, 2.24) is 15.6 Å². The van der Waals surface area contributed by atoms with E-state index in [1.165, 1.54) is 22.7 Å². The van der Waals surface area contributed by atoms with Gasteiger partial charge in [0, 0.05) is 47.3 Å². The van der Waals surface area contributed by atoms with Gasteiger partial charge in [-0.2, -0.15) is 0 Å². The van der Waals surface area contributed by atoms with Crippen LogP contribution in [0.25, 0.3) is 0 Å². The lowest BCUT2D eigenvalue weighted by Gasteiger charge is -2.18. The smallest absolute Gasteiger partial charge is 0.191 e. The second-order valence-corrected chi connectivity index (χ2v) is 8.92. The highest BCUT2D eigenvalue weighted by Crippen LogP contribution is 2.51. The van der Waals surface area contributed by atoms with Crippen LogP contribution < -0.4 is 10.6 Å². The zero-order valence-corrected chi connectivity index (χ0v) is 19.3. The molecule has 0 amide bonds. The van der Waals surface area contributed by atoms with Crippen LogP contribution in [0, 0.1) is 6.92 Å². The first-order valence-corrected chi connectivity index (χ1v) is 10.5. The Morgan fingerprint density at radius 1 is 1.27 bits per heavy atom. The van der Waals surface area contributed by atoms with Crippen LogP contribution in [0.4, 0.5) is 0 Å². The minimum Gasteiger partial charge on any atom is -0.356 e. The Bertz CT molecular complexity index is 699. The zero-order valence-electron chi connectivity index (χ0n) is 15.3. The molecule has 1 heterocycles. The summed E-state index contributed by atoms with van der Waals surface area (Å²) in [5, 5.41) is 10.3. The maximum atomic E-state index is 4.51. The molecule has 2 aromatic rings. The Morgan fingerprint density at radius 2 is 2.04 bits per heavy atom. The highest BCUT2D eigenvalue weighted by atomic mass is 127. The largest absolute Gasteiger partial charge is 0.356 e. The number of thiazole rings is 1. The number of benzene rings is 1. The van der Waals surface area contributed by atoms with E-state index >= 15 is 0 Å². The number of aromatic nitrogens is 1. The Labute approximate surface area is 181 Å². The molecular weight excluding hydrogens is 475 g/mol. The highest BCUT2D eigenvalue weighted by Gasteiger charge is 2.43. The van der Waals surface area contributed by atoms with Gasteiger partial charge in [0.2, 0.25) is 0 Å². The van der Waals surface area contributed by atoms with Crippen molar-refractivity contribution < 1.29 is 0 Å². The van der Waals surface area contributed by atoms with Crippen LogP contribution in [0.15, 0.2) is 45.6 Å². The molecule has 0 saturated heterocycles. The van der Waals surface area contributed by atoms with Gasteiger partial charge in [0.25, 0.3) is 0 Å². The van der Waals surface area contributed by atoms with Crippen LogP contribution in [-0.2, 0) is 6.42 Å². The van der Waals surface area contributed by atoms with Crippen molar-refractivity contribution in [2.24, 2.45) is 4.99 Å². The minimum absolute atomic E-state index is 0. The van der Waals surface area contributed by atoms with E-state index in [9.17, 15) is 0 Å². The van der Waals surface area contributed by atoms with Crippen molar-refractivity contribution in [3.05, 3.63) is 46.4 Å². The molecule has 142 valence electrons. The molecule has 7 heteroatoms. The third kappa shape index (κ3) is 6.74. The van der Waals surface area contributed by atoms with Crippen LogP contribution in [-0.4, -0.2) is 35.8 Å². The highest BCUT2D eigenvalue weighted by molar-refractivity contribution is 14.0. The van der Waals surface area contributed by atoms with Gasteiger partial charge in [0.1, 0.15) is 0 Å². The molecule has 4 nitrogen and oxygen atoms in total. The van der Waals surface area contributed by atoms with Gasteiger partial charge in [0.05, 0.1) is 5.01 Å². The van der Waals surface area contributed by atoms with Crippen molar-refractivity contribution >= 4 is 53.0 Å². The van der Waals surface area contributed by atoms with Crippen molar-refractivity contribution in [2.75, 3.05) is 20.1 Å². The lowest BCUT2D eigenvalue weighted by atomic mass is 10.3. The predicted molar refractivity (Wildman–Crippen MR) is 124 cm³/mol. The SMILES string of the molecule is CN=C(NCCCc1nc(C)cs1)NCC1(Sc2ccccc2)CC1.I. The van der Waals surface area contributed by atoms with Crippen molar-refractivity contribution in [3.8, 4) is 0 Å². The number of aryl methyl sites for hydroxylation is 2. The number of guanidine groups is 1. The maximum Gasteiger partial charge on any atom is 0.191 e. The quantitative estimate of drug-likeness (QED) is 0.242. The molecule has 3 rings (SSSR count). The van der Waals surface area contributed by atoms with Crippen molar-refractivity contribution in [3.63, 3.8) is 0 Å². The minimum atomic E-state index is 0. The van der Waals surface area contributed by atoms with Crippen LogP contribution in [0.3, 0.4) is 0 Å². The average Bonchev–Trinajstić information content (AvgIpc) is 3.26. The summed E-state index contributed by atoms with van der Waals surface area (Å²) >= 11 is 3.73. The standard InChI is InChI=1S/C19H26N4S2.HI/c1-15-13-24-17(23-15)9-6-12-21-18(20-2)22-14-19(10-11-19)25-16-7-4-3-5-8-16;/h3-5,7-8,13H,6,9-12,14H2,1-2H3,(H2,20,21,22);1H. The number of thioether (sulfide) groups is 1. The number of hydrogen-bond acceptors (Lipinski definition) is 4. The molecular formula is C19H27IN4S2. The van der Waals surface area contributed by atoms with Crippen LogP contribution >= 0.6 is 47.1 Å². The van der Waals surface area contributed by atoms with E-state index in [1.807, 2.05) is 25.7 Å². The Balaban J connectivity index is 0.00000243. The van der Waals surface area contributed by atoms with Gasteiger partial charge in [-0.3, -0.25) is 4.99 Å². The molecule has 1 aliphatic carbocycles. The maximum absolute atomic E-state index is 4.51. The third-order valence-corrected chi connectivity index (χ3v) is 6.73. The number of nitrogens with zero attached hydrogens (tertiary/aromatic N) is 2. The summed E-state index contributed by atoms with van der Waals surface area (Å²) < 4.78 is 0.331. The number of nitrogens with one attached hydrogen (secondary N) is 2. The zero-order chi connectivity index (χ0) is 17.5. The first kappa shape index (κ1) is 21.5. The van der Waals surface area contributed by atoms with Crippen LogP contribution in [0.2, 0.25) is 0 Å². The van der Waals surface area contributed by atoms with E-state index in [0.717, 1.165) is 37.6 Å². The third-order valence-electron chi connectivity index (χ3n) is 4.21. The summed E-state index contributed by atoms with van der Waals surface area (Å²) in [6.45, 7) is 3.92. The normalized spacial score (nSPS) is 15.2. The van der Waals surface area contributed by atoms with E-state index in [4.69, 9.17) is 0 Å². The Kier molecular flexibility index (Phi) is 8.69. The molecule has 26 heavy (non-hydrogen) atoms. The molecule has 0 unspecified atom stereocenters. The fourth-order valence-corrected chi connectivity index (χ4v) is 4.68. The van der Waals surface area contributed by atoms with E-state index in [1.54, 1.807) is 11.3 Å². The summed E-state index contributed by atoms with van der Waals surface area (Å²) in [5.41, 5.74) is 1.12. The molecule has 0 radical (unpaired) electrons.